The highest BCUT2D eigenvalue weighted by molar-refractivity contribution is 9.10. The minimum Gasteiger partial charge on any atom is -0.318 e. The summed E-state index contributed by atoms with van der Waals surface area (Å²) in [5.74, 6) is -1.03. The highest BCUT2D eigenvalue weighted by Crippen LogP contribution is 2.22. The normalized spacial score (nSPS) is 10.3. The first kappa shape index (κ1) is 11.7. The van der Waals surface area contributed by atoms with Crippen molar-refractivity contribution in [3.05, 3.63) is 40.4 Å². The molecule has 1 heterocycles. The predicted octanol–water partition coefficient (Wildman–Crippen LogP) is 1.97. The van der Waals surface area contributed by atoms with Gasteiger partial charge in [-0.05, 0) is 28.1 Å². The molecule has 2 rings (SSSR count). The number of carbonyl (C=O) groups excluding carboxylic acids is 1. The zero-order valence-electron chi connectivity index (χ0n) is 8.82. The lowest BCUT2D eigenvalue weighted by molar-refractivity contribution is 0.102. The molecule has 2 aromatic rings. The van der Waals surface area contributed by atoms with Gasteiger partial charge in [0, 0.05) is 7.05 Å². The van der Waals surface area contributed by atoms with E-state index in [0.717, 1.165) is 0 Å². The van der Waals surface area contributed by atoms with Gasteiger partial charge in [0.2, 0.25) is 0 Å². The second kappa shape index (κ2) is 4.62. The van der Waals surface area contributed by atoms with Crippen LogP contribution in [0.3, 0.4) is 0 Å². The van der Waals surface area contributed by atoms with Gasteiger partial charge in [0.15, 0.2) is 11.5 Å². The van der Waals surface area contributed by atoms with Gasteiger partial charge in [0.05, 0.1) is 16.4 Å². The van der Waals surface area contributed by atoms with Crippen molar-refractivity contribution in [2.45, 2.75) is 0 Å². The number of nitrogens with one attached hydrogen (secondary N) is 1. The van der Waals surface area contributed by atoms with E-state index in [1.54, 1.807) is 19.2 Å². The number of nitrogens with zero attached hydrogens (tertiary/aromatic N) is 3. The SMILES string of the molecule is Cn1cc(C(=O)Nc2cccc(Br)c2F)nn1. The number of anilines is 1. The molecule has 17 heavy (non-hydrogen) atoms. The number of aromatic nitrogens is 3. The van der Waals surface area contributed by atoms with E-state index in [2.05, 4.69) is 31.6 Å². The monoisotopic (exact) mass is 298 g/mol. The molecule has 1 aromatic heterocycles. The molecule has 0 aliphatic rings. The molecule has 0 bridgehead atoms. The van der Waals surface area contributed by atoms with E-state index >= 15 is 0 Å². The number of hydrogen-bond acceptors (Lipinski definition) is 3. The third-order valence-electron chi connectivity index (χ3n) is 2.04. The molecule has 0 aliphatic carbocycles. The van der Waals surface area contributed by atoms with E-state index in [0.29, 0.717) is 0 Å². The molecule has 1 aromatic carbocycles. The average molecular weight is 299 g/mol. The fraction of sp³-hybridized carbons (Fsp3) is 0.100. The van der Waals surface area contributed by atoms with Crippen molar-refractivity contribution in [3.8, 4) is 0 Å². The van der Waals surface area contributed by atoms with E-state index in [1.165, 1.54) is 16.9 Å². The Morgan fingerprint density at radius 3 is 2.94 bits per heavy atom. The molecule has 0 aliphatic heterocycles. The van der Waals surface area contributed by atoms with Crippen LogP contribution in [-0.2, 0) is 7.05 Å². The summed E-state index contributed by atoms with van der Waals surface area (Å²) >= 11 is 3.04. The van der Waals surface area contributed by atoms with Crippen LogP contribution in [0.5, 0.6) is 0 Å². The number of aryl methyl sites for hydroxylation is 1. The van der Waals surface area contributed by atoms with Gasteiger partial charge in [-0.25, -0.2) is 4.39 Å². The average Bonchev–Trinajstić information content (AvgIpc) is 2.72. The predicted molar refractivity (Wildman–Crippen MR) is 63.1 cm³/mol. The Labute approximate surface area is 105 Å². The fourth-order valence-corrected chi connectivity index (χ4v) is 1.60. The minimum absolute atomic E-state index is 0.0926. The Hall–Kier alpha value is -1.76. The van der Waals surface area contributed by atoms with Crippen molar-refractivity contribution in [2.24, 2.45) is 7.05 Å². The van der Waals surface area contributed by atoms with Crippen molar-refractivity contribution < 1.29 is 9.18 Å². The van der Waals surface area contributed by atoms with E-state index in [4.69, 9.17) is 0 Å². The van der Waals surface area contributed by atoms with E-state index < -0.39 is 11.7 Å². The van der Waals surface area contributed by atoms with Crippen LogP contribution in [0.15, 0.2) is 28.9 Å². The summed E-state index contributed by atoms with van der Waals surface area (Å²) in [6.07, 6.45) is 1.45. The summed E-state index contributed by atoms with van der Waals surface area (Å²) in [7, 11) is 1.64. The Kier molecular flexibility index (Phi) is 3.19. The van der Waals surface area contributed by atoms with Gasteiger partial charge in [-0.2, -0.15) is 0 Å². The van der Waals surface area contributed by atoms with Crippen molar-refractivity contribution in [1.82, 2.24) is 15.0 Å². The molecule has 0 atom stereocenters. The molecule has 0 fully saturated rings. The van der Waals surface area contributed by atoms with Crippen LogP contribution in [0.1, 0.15) is 10.5 Å². The van der Waals surface area contributed by atoms with E-state index in [9.17, 15) is 9.18 Å². The van der Waals surface area contributed by atoms with Gasteiger partial charge in [-0.1, -0.05) is 11.3 Å². The van der Waals surface area contributed by atoms with Crippen molar-refractivity contribution in [1.29, 1.82) is 0 Å². The van der Waals surface area contributed by atoms with Gasteiger partial charge in [-0.15, -0.1) is 5.10 Å². The van der Waals surface area contributed by atoms with Gasteiger partial charge in [0.1, 0.15) is 0 Å². The largest absolute Gasteiger partial charge is 0.318 e. The molecule has 5 nitrogen and oxygen atoms in total. The summed E-state index contributed by atoms with van der Waals surface area (Å²) in [5.41, 5.74) is 0.224. The van der Waals surface area contributed by atoms with Crippen LogP contribution in [0.2, 0.25) is 0 Å². The second-order valence-electron chi connectivity index (χ2n) is 3.33. The summed E-state index contributed by atoms with van der Waals surface area (Å²) in [6, 6.07) is 4.64. The maximum absolute atomic E-state index is 13.6. The Morgan fingerprint density at radius 1 is 1.53 bits per heavy atom. The fourth-order valence-electron chi connectivity index (χ4n) is 1.24. The summed E-state index contributed by atoms with van der Waals surface area (Å²) in [6.45, 7) is 0. The molecule has 88 valence electrons. The Morgan fingerprint density at radius 2 is 2.29 bits per heavy atom. The first-order valence-electron chi connectivity index (χ1n) is 4.69. The van der Waals surface area contributed by atoms with Crippen LogP contribution in [0.25, 0.3) is 0 Å². The summed E-state index contributed by atoms with van der Waals surface area (Å²) < 4.78 is 15.3. The lowest BCUT2D eigenvalue weighted by Crippen LogP contribution is -2.13. The smallest absolute Gasteiger partial charge is 0.277 e. The van der Waals surface area contributed by atoms with Gasteiger partial charge in [0.25, 0.3) is 5.91 Å². The Bertz CT molecular complexity index is 569. The lowest BCUT2D eigenvalue weighted by Gasteiger charge is -2.05. The van der Waals surface area contributed by atoms with Crippen molar-refractivity contribution in [2.75, 3.05) is 5.32 Å². The third-order valence-corrected chi connectivity index (χ3v) is 2.65. The molecular weight excluding hydrogens is 291 g/mol. The number of amides is 1. The van der Waals surface area contributed by atoms with Gasteiger partial charge < -0.3 is 5.32 Å². The first-order valence-corrected chi connectivity index (χ1v) is 5.49. The first-order chi connectivity index (χ1) is 8.08. The second-order valence-corrected chi connectivity index (χ2v) is 4.19. The molecule has 0 saturated heterocycles. The minimum atomic E-state index is -0.523. The third kappa shape index (κ3) is 2.50. The molecule has 0 spiro atoms. The maximum Gasteiger partial charge on any atom is 0.277 e. The zero-order valence-corrected chi connectivity index (χ0v) is 10.4. The summed E-state index contributed by atoms with van der Waals surface area (Å²) in [4.78, 5) is 11.7. The summed E-state index contributed by atoms with van der Waals surface area (Å²) in [5, 5.41) is 9.67. The Balaban J connectivity index is 2.21. The number of rotatable bonds is 2. The van der Waals surface area contributed by atoms with Gasteiger partial charge in [-0.3, -0.25) is 9.48 Å². The number of carbonyl (C=O) groups is 1. The quantitative estimate of drug-likeness (QED) is 0.922. The number of hydrogen-bond donors (Lipinski definition) is 1. The van der Waals surface area contributed by atoms with Crippen molar-refractivity contribution >= 4 is 27.5 Å². The number of halogens is 2. The molecule has 7 heteroatoms. The molecule has 0 unspecified atom stereocenters. The van der Waals surface area contributed by atoms with Gasteiger partial charge >= 0.3 is 0 Å². The molecule has 1 N–H and O–H groups in total. The molecular formula is C10H8BrFN4O. The van der Waals surface area contributed by atoms with E-state index in [1.807, 2.05) is 0 Å². The van der Waals surface area contributed by atoms with E-state index in [-0.39, 0.29) is 15.9 Å². The standard InChI is InChI=1S/C10H8BrFN4O/c1-16-5-8(14-15-16)10(17)13-7-4-2-3-6(11)9(7)12/h2-5H,1H3,(H,13,17). The zero-order chi connectivity index (χ0) is 12.4. The van der Waals surface area contributed by atoms with Crippen LogP contribution in [0.4, 0.5) is 10.1 Å². The molecule has 0 radical (unpaired) electrons. The van der Waals surface area contributed by atoms with Crippen LogP contribution < -0.4 is 5.32 Å². The van der Waals surface area contributed by atoms with Crippen LogP contribution >= 0.6 is 15.9 Å². The highest BCUT2D eigenvalue weighted by atomic mass is 79.9. The van der Waals surface area contributed by atoms with Crippen molar-refractivity contribution in [3.63, 3.8) is 0 Å². The lowest BCUT2D eigenvalue weighted by atomic mass is 10.3. The maximum atomic E-state index is 13.6. The van der Waals surface area contributed by atoms with Crippen LogP contribution in [0, 0.1) is 5.82 Å². The molecule has 0 saturated carbocycles. The van der Waals surface area contributed by atoms with Crippen LogP contribution in [-0.4, -0.2) is 20.9 Å². The highest BCUT2D eigenvalue weighted by Gasteiger charge is 2.13. The topological polar surface area (TPSA) is 59.8 Å². The number of benzene rings is 1. The molecule has 1 amide bonds.